The smallest absolute Gasteiger partial charge is 0.222 e. The van der Waals surface area contributed by atoms with Crippen molar-refractivity contribution in [3.05, 3.63) is 60.2 Å². The lowest BCUT2D eigenvalue weighted by Crippen LogP contribution is -2.55. The van der Waals surface area contributed by atoms with Gasteiger partial charge in [0.15, 0.2) is 0 Å². The Bertz CT molecular complexity index is 849. The van der Waals surface area contributed by atoms with Crippen molar-refractivity contribution < 1.29 is 9.53 Å². The van der Waals surface area contributed by atoms with Gasteiger partial charge in [-0.1, -0.05) is 42.5 Å². The van der Waals surface area contributed by atoms with E-state index in [0.29, 0.717) is 18.4 Å². The van der Waals surface area contributed by atoms with Gasteiger partial charge >= 0.3 is 0 Å². The fourth-order valence-corrected chi connectivity index (χ4v) is 5.11. The Morgan fingerprint density at radius 3 is 2.47 bits per heavy atom. The summed E-state index contributed by atoms with van der Waals surface area (Å²) in [5, 5.41) is 0. The van der Waals surface area contributed by atoms with E-state index >= 15 is 0 Å². The Kier molecular flexibility index (Phi) is 8.05. The molecular formula is C27H37N3O2. The molecule has 2 aliphatic heterocycles. The van der Waals surface area contributed by atoms with Gasteiger partial charge in [-0.25, -0.2) is 0 Å². The van der Waals surface area contributed by atoms with Crippen LogP contribution in [-0.2, 0) is 11.2 Å². The number of hydrogen-bond donors (Lipinski definition) is 0. The number of rotatable bonds is 8. The van der Waals surface area contributed by atoms with E-state index in [4.69, 9.17) is 4.74 Å². The highest BCUT2D eigenvalue weighted by atomic mass is 16.5. The highest BCUT2D eigenvalue weighted by molar-refractivity contribution is 5.76. The number of ether oxygens (including phenoxy) is 1. The van der Waals surface area contributed by atoms with E-state index in [1.807, 2.05) is 12.1 Å². The lowest BCUT2D eigenvalue weighted by atomic mass is 10.0. The number of methoxy groups -OCH3 is 1. The molecule has 2 aromatic carbocycles. The first-order valence-corrected chi connectivity index (χ1v) is 12.2. The third-order valence-corrected chi connectivity index (χ3v) is 6.95. The van der Waals surface area contributed by atoms with Crippen molar-refractivity contribution in [2.45, 2.75) is 44.6 Å². The summed E-state index contributed by atoms with van der Waals surface area (Å²) in [6.07, 6.45) is 6.12. The van der Waals surface area contributed by atoms with Crippen LogP contribution in [0.5, 0.6) is 5.75 Å². The van der Waals surface area contributed by atoms with Crippen LogP contribution in [0.1, 0.15) is 37.7 Å². The van der Waals surface area contributed by atoms with Crippen molar-refractivity contribution >= 4 is 11.6 Å². The summed E-state index contributed by atoms with van der Waals surface area (Å²) in [6.45, 7) is 5.92. The van der Waals surface area contributed by atoms with Crippen LogP contribution < -0.4 is 9.64 Å². The molecular weight excluding hydrogens is 398 g/mol. The van der Waals surface area contributed by atoms with E-state index < -0.39 is 0 Å². The fourth-order valence-electron chi connectivity index (χ4n) is 5.11. The van der Waals surface area contributed by atoms with E-state index in [-0.39, 0.29) is 0 Å². The third-order valence-electron chi connectivity index (χ3n) is 6.95. The van der Waals surface area contributed by atoms with Crippen molar-refractivity contribution in [2.75, 3.05) is 51.3 Å². The molecule has 5 heteroatoms. The Morgan fingerprint density at radius 2 is 1.69 bits per heavy atom. The standard InChI is InChI=1S/C27H37N3O2/c1-32-26-15-7-6-14-25(26)29-20-18-28(19-21-29)24-13-9-17-30(22-24)27(31)16-8-5-12-23-10-3-2-4-11-23/h2-4,6-7,10-11,14-15,24H,5,8-9,12-13,16-22H2,1H3/t24-/m1/s1. The first-order chi connectivity index (χ1) is 15.7. The predicted molar refractivity (Wildman–Crippen MR) is 130 cm³/mol. The number of nitrogens with zero attached hydrogens (tertiary/aromatic N) is 3. The maximum Gasteiger partial charge on any atom is 0.222 e. The highest BCUT2D eigenvalue weighted by Crippen LogP contribution is 2.29. The van der Waals surface area contributed by atoms with Gasteiger partial charge in [0.1, 0.15) is 5.75 Å². The lowest BCUT2D eigenvalue weighted by molar-refractivity contribution is -0.133. The predicted octanol–water partition coefficient (Wildman–Crippen LogP) is 4.22. The molecule has 0 bridgehead atoms. The Balaban J connectivity index is 1.21. The number of carbonyl (C=O) groups excluding carboxylic acids is 1. The Hall–Kier alpha value is -2.53. The number of benzene rings is 2. The average Bonchev–Trinajstić information content (AvgIpc) is 2.87. The van der Waals surface area contributed by atoms with Crippen LogP contribution in [-0.4, -0.2) is 68.1 Å². The van der Waals surface area contributed by atoms with Crippen LogP contribution in [0.3, 0.4) is 0 Å². The van der Waals surface area contributed by atoms with Gasteiger partial charge in [-0.15, -0.1) is 0 Å². The number of amides is 1. The van der Waals surface area contributed by atoms with Gasteiger partial charge in [0.05, 0.1) is 12.8 Å². The number of aryl methyl sites for hydroxylation is 1. The number of unbranched alkanes of at least 4 members (excludes halogenated alkanes) is 1. The summed E-state index contributed by atoms with van der Waals surface area (Å²) in [4.78, 5) is 20.0. The number of hydrogen-bond acceptors (Lipinski definition) is 4. The second-order valence-electron chi connectivity index (χ2n) is 9.02. The number of para-hydroxylation sites is 2. The van der Waals surface area contributed by atoms with Gasteiger partial charge in [0.2, 0.25) is 5.91 Å². The minimum Gasteiger partial charge on any atom is -0.495 e. The minimum absolute atomic E-state index is 0.343. The number of anilines is 1. The minimum atomic E-state index is 0.343. The molecule has 0 aromatic heterocycles. The Labute approximate surface area is 193 Å². The summed E-state index contributed by atoms with van der Waals surface area (Å²) in [5.74, 6) is 1.29. The topological polar surface area (TPSA) is 36.0 Å². The largest absolute Gasteiger partial charge is 0.495 e. The van der Waals surface area contributed by atoms with E-state index in [1.165, 1.54) is 17.7 Å². The average molecular weight is 436 g/mol. The molecule has 0 radical (unpaired) electrons. The molecule has 2 saturated heterocycles. The van der Waals surface area contributed by atoms with Crippen LogP contribution in [0.25, 0.3) is 0 Å². The normalized spacial score (nSPS) is 19.7. The summed E-state index contributed by atoms with van der Waals surface area (Å²) >= 11 is 0. The molecule has 0 N–H and O–H groups in total. The summed E-state index contributed by atoms with van der Waals surface area (Å²) in [5.41, 5.74) is 2.55. The molecule has 2 aliphatic rings. The first kappa shape index (κ1) is 22.7. The first-order valence-electron chi connectivity index (χ1n) is 12.2. The summed E-state index contributed by atoms with van der Waals surface area (Å²) in [6, 6.07) is 19.3. The van der Waals surface area contributed by atoms with Gasteiger partial charge in [0.25, 0.3) is 0 Å². The van der Waals surface area contributed by atoms with Crippen molar-refractivity contribution in [2.24, 2.45) is 0 Å². The quantitative estimate of drug-likeness (QED) is 0.582. The molecule has 1 atom stereocenters. The number of carbonyl (C=O) groups is 1. The molecule has 2 heterocycles. The maximum absolute atomic E-state index is 12.8. The maximum atomic E-state index is 12.8. The molecule has 0 aliphatic carbocycles. The van der Waals surface area contributed by atoms with Crippen molar-refractivity contribution in [3.8, 4) is 5.75 Å². The van der Waals surface area contributed by atoms with Crippen molar-refractivity contribution in [3.63, 3.8) is 0 Å². The van der Waals surface area contributed by atoms with Crippen LogP contribution in [0.15, 0.2) is 54.6 Å². The molecule has 2 aromatic rings. The second-order valence-corrected chi connectivity index (χ2v) is 9.02. The van der Waals surface area contributed by atoms with E-state index in [2.05, 4.69) is 57.2 Å². The van der Waals surface area contributed by atoms with Gasteiger partial charge < -0.3 is 14.5 Å². The number of piperidine rings is 1. The number of piperazine rings is 1. The second kappa shape index (κ2) is 11.4. The van der Waals surface area contributed by atoms with Crippen LogP contribution in [0.4, 0.5) is 5.69 Å². The highest BCUT2D eigenvalue weighted by Gasteiger charge is 2.30. The fraction of sp³-hybridized carbons (Fsp3) is 0.519. The van der Waals surface area contributed by atoms with Crippen LogP contribution in [0, 0.1) is 0 Å². The molecule has 1 amide bonds. The summed E-state index contributed by atoms with van der Waals surface area (Å²) in [7, 11) is 1.74. The Morgan fingerprint density at radius 1 is 0.938 bits per heavy atom. The van der Waals surface area contributed by atoms with Gasteiger partial charge in [-0.3, -0.25) is 9.69 Å². The van der Waals surface area contributed by atoms with E-state index in [1.54, 1.807) is 7.11 Å². The molecule has 0 unspecified atom stereocenters. The van der Waals surface area contributed by atoms with Gasteiger partial charge in [-0.05, 0) is 49.8 Å². The third kappa shape index (κ3) is 5.83. The van der Waals surface area contributed by atoms with Crippen molar-refractivity contribution in [1.82, 2.24) is 9.80 Å². The molecule has 4 rings (SSSR count). The molecule has 172 valence electrons. The zero-order chi connectivity index (χ0) is 22.2. The summed E-state index contributed by atoms with van der Waals surface area (Å²) < 4.78 is 5.55. The van der Waals surface area contributed by atoms with E-state index in [9.17, 15) is 4.79 Å². The van der Waals surface area contributed by atoms with Gasteiger partial charge in [0, 0.05) is 51.7 Å². The van der Waals surface area contributed by atoms with Gasteiger partial charge in [-0.2, -0.15) is 0 Å². The molecule has 0 spiro atoms. The van der Waals surface area contributed by atoms with Crippen LogP contribution in [0.2, 0.25) is 0 Å². The van der Waals surface area contributed by atoms with Crippen LogP contribution >= 0.6 is 0 Å². The number of likely N-dealkylation sites (tertiary alicyclic amines) is 1. The van der Waals surface area contributed by atoms with E-state index in [0.717, 1.165) is 70.7 Å². The molecule has 2 fully saturated rings. The monoisotopic (exact) mass is 435 g/mol. The lowest BCUT2D eigenvalue weighted by Gasteiger charge is -2.44. The zero-order valence-corrected chi connectivity index (χ0v) is 19.4. The SMILES string of the molecule is COc1ccccc1N1CCN([C@@H]2CCCN(C(=O)CCCCc3ccccc3)C2)CC1. The zero-order valence-electron chi connectivity index (χ0n) is 19.4. The molecule has 5 nitrogen and oxygen atoms in total. The molecule has 32 heavy (non-hydrogen) atoms. The van der Waals surface area contributed by atoms with Crippen molar-refractivity contribution in [1.29, 1.82) is 0 Å². The molecule has 0 saturated carbocycles.